The van der Waals surface area contributed by atoms with Gasteiger partial charge in [0.05, 0.1) is 19.5 Å². The molecule has 1 heterocycles. The molecule has 0 spiro atoms. The van der Waals surface area contributed by atoms with E-state index in [0.717, 1.165) is 0 Å². The zero-order chi connectivity index (χ0) is 11.8. The Morgan fingerprint density at radius 2 is 2.19 bits per heavy atom. The molecule has 7 heteroatoms. The topological polar surface area (TPSA) is 93.2 Å². The van der Waals surface area contributed by atoms with Gasteiger partial charge in [0.1, 0.15) is 5.69 Å². The quantitative estimate of drug-likeness (QED) is 0.697. The van der Waals surface area contributed by atoms with E-state index in [0.29, 0.717) is 0 Å². The molecule has 0 bridgehead atoms. The van der Waals surface area contributed by atoms with Crippen LogP contribution in [0, 0.1) is 0 Å². The number of carbonyl (C=O) groups is 2. The van der Waals surface area contributed by atoms with Crippen molar-refractivity contribution in [1.29, 1.82) is 0 Å². The van der Waals surface area contributed by atoms with Crippen molar-refractivity contribution < 1.29 is 14.3 Å². The minimum atomic E-state index is -0.582. The van der Waals surface area contributed by atoms with Crippen LogP contribution < -0.4 is 10.6 Å². The number of alkyl carbamates (subject to hydrolysis) is 1. The first-order valence-corrected chi connectivity index (χ1v) is 4.69. The van der Waals surface area contributed by atoms with Crippen molar-refractivity contribution in [3.63, 3.8) is 0 Å². The average Bonchev–Trinajstić information content (AvgIpc) is 2.30. The molecule has 1 rings (SSSR count). The molecule has 0 fully saturated rings. The molecule has 86 valence electrons. The summed E-state index contributed by atoms with van der Waals surface area (Å²) in [5, 5.41) is 4.78. The van der Waals surface area contributed by atoms with Crippen LogP contribution in [0.4, 0.5) is 4.79 Å². The number of hydrogen-bond donors (Lipinski definition) is 2. The van der Waals surface area contributed by atoms with Crippen LogP contribution in [0.2, 0.25) is 0 Å². The highest BCUT2D eigenvalue weighted by Gasteiger charge is 2.06. The zero-order valence-electron chi connectivity index (χ0n) is 8.77. The smallest absolute Gasteiger partial charge is 0.408 e. The molecule has 16 heavy (non-hydrogen) atoms. The van der Waals surface area contributed by atoms with Gasteiger partial charge in [-0.15, -0.1) is 0 Å². The van der Waals surface area contributed by atoms with Crippen molar-refractivity contribution >= 4 is 12.0 Å². The van der Waals surface area contributed by atoms with Crippen LogP contribution in [0.1, 0.15) is 17.4 Å². The molecule has 0 radical (unpaired) electrons. The SMILES string of the molecule is CCOC(=O)NCNC(=O)c1cnccn1. The lowest BCUT2D eigenvalue weighted by atomic mass is 10.4. The van der Waals surface area contributed by atoms with Crippen LogP contribution in [0.3, 0.4) is 0 Å². The molecule has 2 amide bonds. The Morgan fingerprint density at radius 1 is 1.38 bits per heavy atom. The summed E-state index contributed by atoms with van der Waals surface area (Å²) in [6, 6.07) is 0. The Labute approximate surface area is 92.2 Å². The van der Waals surface area contributed by atoms with Crippen LogP contribution in [0.5, 0.6) is 0 Å². The number of aromatic nitrogens is 2. The summed E-state index contributed by atoms with van der Waals surface area (Å²) in [6.45, 7) is 1.95. The summed E-state index contributed by atoms with van der Waals surface area (Å²) in [5.41, 5.74) is 0.188. The van der Waals surface area contributed by atoms with E-state index in [2.05, 4.69) is 25.3 Å². The second kappa shape index (κ2) is 6.33. The Morgan fingerprint density at radius 3 is 2.81 bits per heavy atom. The van der Waals surface area contributed by atoms with Crippen molar-refractivity contribution in [3.8, 4) is 0 Å². The maximum absolute atomic E-state index is 11.4. The molecular formula is C9H12N4O3. The van der Waals surface area contributed by atoms with Gasteiger partial charge in [-0.2, -0.15) is 0 Å². The van der Waals surface area contributed by atoms with Gasteiger partial charge >= 0.3 is 6.09 Å². The molecule has 0 aliphatic carbocycles. The molecule has 0 aliphatic rings. The number of amides is 2. The van der Waals surface area contributed by atoms with Gasteiger partial charge in [0.15, 0.2) is 0 Å². The third kappa shape index (κ3) is 3.91. The van der Waals surface area contributed by atoms with E-state index in [9.17, 15) is 9.59 Å². The van der Waals surface area contributed by atoms with Gasteiger partial charge in [0.2, 0.25) is 0 Å². The number of hydrogen-bond acceptors (Lipinski definition) is 5. The number of nitrogens with one attached hydrogen (secondary N) is 2. The third-order valence-corrected chi connectivity index (χ3v) is 1.55. The van der Waals surface area contributed by atoms with E-state index in [1.165, 1.54) is 18.6 Å². The lowest BCUT2D eigenvalue weighted by Gasteiger charge is -2.06. The maximum Gasteiger partial charge on any atom is 0.408 e. The normalized spacial score (nSPS) is 9.31. The molecule has 0 saturated heterocycles. The molecule has 2 N–H and O–H groups in total. The van der Waals surface area contributed by atoms with Crippen molar-refractivity contribution in [3.05, 3.63) is 24.3 Å². The summed E-state index contributed by atoms with van der Waals surface area (Å²) < 4.78 is 4.60. The standard InChI is InChI=1S/C9H12N4O3/c1-2-16-9(15)13-6-12-8(14)7-5-10-3-4-11-7/h3-5H,2,6H2,1H3,(H,12,14)(H,13,15). The number of carbonyl (C=O) groups excluding carboxylic acids is 2. The summed E-state index contributed by atoms with van der Waals surface area (Å²) in [6.07, 6.45) is 3.63. The van der Waals surface area contributed by atoms with E-state index in [1.807, 2.05) is 0 Å². The van der Waals surface area contributed by atoms with Gasteiger partial charge in [-0.3, -0.25) is 9.78 Å². The van der Waals surface area contributed by atoms with E-state index in [4.69, 9.17) is 0 Å². The van der Waals surface area contributed by atoms with Crippen LogP contribution >= 0.6 is 0 Å². The number of nitrogens with zero attached hydrogens (tertiary/aromatic N) is 2. The molecular weight excluding hydrogens is 212 g/mol. The Hall–Kier alpha value is -2.18. The lowest BCUT2D eigenvalue weighted by molar-refractivity contribution is 0.0943. The van der Waals surface area contributed by atoms with Gasteiger partial charge in [-0.05, 0) is 6.92 Å². The summed E-state index contributed by atoms with van der Waals surface area (Å²) >= 11 is 0. The zero-order valence-corrected chi connectivity index (χ0v) is 8.77. The molecule has 0 unspecified atom stereocenters. The first-order valence-electron chi connectivity index (χ1n) is 4.69. The average molecular weight is 224 g/mol. The second-order valence-corrected chi connectivity index (χ2v) is 2.67. The van der Waals surface area contributed by atoms with Crippen LogP contribution in [-0.2, 0) is 4.74 Å². The van der Waals surface area contributed by atoms with Gasteiger partial charge < -0.3 is 15.4 Å². The fraction of sp³-hybridized carbons (Fsp3) is 0.333. The predicted octanol–water partition coefficient (Wildman–Crippen LogP) is -0.0900. The largest absolute Gasteiger partial charge is 0.450 e. The summed E-state index contributed by atoms with van der Waals surface area (Å²) in [5.74, 6) is -0.412. The molecule has 7 nitrogen and oxygen atoms in total. The van der Waals surface area contributed by atoms with Crippen molar-refractivity contribution in [2.24, 2.45) is 0 Å². The van der Waals surface area contributed by atoms with Gasteiger partial charge in [-0.1, -0.05) is 0 Å². The Balaban J connectivity index is 2.29. The molecule has 0 aliphatic heterocycles. The lowest BCUT2D eigenvalue weighted by Crippen LogP contribution is -2.37. The molecule has 0 aromatic carbocycles. The third-order valence-electron chi connectivity index (χ3n) is 1.55. The fourth-order valence-electron chi connectivity index (χ4n) is 0.886. The van der Waals surface area contributed by atoms with Crippen LogP contribution in [0.15, 0.2) is 18.6 Å². The summed E-state index contributed by atoms with van der Waals surface area (Å²) in [4.78, 5) is 29.8. The fourth-order valence-corrected chi connectivity index (χ4v) is 0.886. The highest BCUT2D eigenvalue weighted by molar-refractivity contribution is 5.91. The minimum Gasteiger partial charge on any atom is -0.450 e. The Bertz CT molecular complexity index is 355. The van der Waals surface area contributed by atoms with Crippen molar-refractivity contribution in [1.82, 2.24) is 20.6 Å². The van der Waals surface area contributed by atoms with Crippen LogP contribution in [0.25, 0.3) is 0 Å². The molecule has 0 atom stereocenters. The highest BCUT2D eigenvalue weighted by atomic mass is 16.5. The number of ether oxygens (including phenoxy) is 1. The highest BCUT2D eigenvalue weighted by Crippen LogP contribution is 1.88. The second-order valence-electron chi connectivity index (χ2n) is 2.67. The first-order chi connectivity index (χ1) is 7.74. The maximum atomic E-state index is 11.4. The first kappa shape index (κ1) is 11.9. The Kier molecular flexibility index (Phi) is 4.71. The van der Waals surface area contributed by atoms with Crippen LogP contribution in [-0.4, -0.2) is 35.2 Å². The van der Waals surface area contributed by atoms with Crippen molar-refractivity contribution in [2.75, 3.05) is 13.3 Å². The van der Waals surface area contributed by atoms with Gasteiger partial charge in [0, 0.05) is 12.4 Å². The summed E-state index contributed by atoms with van der Waals surface area (Å²) in [7, 11) is 0. The molecule has 1 aromatic rings. The van der Waals surface area contributed by atoms with E-state index >= 15 is 0 Å². The minimum absolute atomic E-state index is 0.0196. The molecule has 1 aromatic heterocycles. The number of rotatable bonds is 4. The van der Waals surface area contributed by atoms with Gasteiger partial charge in [0.25, 0.3) is 5.91 Å². The predicted molar refractivity (Wildman–Crippen MR) is 54.5 cm³/mol. The van der Waals surface area contributed by atoms with E-state index < -0.39 is 12.0 Å². The van der Waals surface area contributed by atoms with Gasteiger partial charge in [-0.25, -0.2) is 9.78 Å². The monoisotopic (exact) mass is 224 g/mol. The molecule has 0 saturated carbocycles. The van der Waals surface area contributed by atoms with E-state index in [1.54, 1.807) is 6.92 Å². The van der Waals surface area contributed by atoms with Crippen molar-refractivity contribution in [2.45, 2.75) is 6.92 Å². The van der Waals surface area contributed by atoms with E-state index in [-0.39, 0.29) is 19.0 Å².